The van der Waals surface area contributed by atoms with E-state index in [0.717, 1.165) is 12.8 Å². The van der Waals surface area contributed by atoms with Crippen molar-refractivity contribution in [3.63, 3.8) is 0 Å². The van der Waals surface area contributed by atoms with Gasteiger partial charge in [0.25, 0.3) is 5.91 Å². The minimum Gasteiger partial charge on any atom is -0.352 e. The minimum atomic E-state index is -0.406. The van der Waals surface area contributed by atoms with Gasteiger partial charge in [0.15, 0.2) is 0 Å². The Morgan fingerprint density at radius 1 is 1.35 bits per heavy atom. The fourth-order valence-corrected chi connectivity index (χ4v) is 3.64. The summed E-state index contributed by atoms with van der Waals surface area (Å²) < 4.78 is 0. The van der Waals surface area contributed by atoms with Crippen LogP contribution in [-0.2, 0) is 4.79 Å². The third-order valence-electron chi connectivity index (χ3n) is 3.90. The molecule has 0 aliphatic carbocycles. The highest BCUT2D eigenvalue weighted by atomic mass is 32.2. The maximum atomic E-state index is 12.5. The number of pyridine rings is 1. The molecule has 23 heavy (non-hydrogen) atoms. The molecule has 0 spiro atoms. The van der Waals surface area contributed by atoms with E-state index < -0.39 is 6.04 Å². The van der Waals surface area contributed by atoms with E-state index in [4.69, 9.17) is 0 Å². The molecule has 1 aliphatic heterocycles. The average Bonchev–Trinajstić information content (AvgIpc) is 3.02. The number of carbonyl (C=O) groups excluding carboxylic acids is 2. The maximum absolute atomic E-state index is 12.5. The fraction of sp³-hybridized carbons (Fsp3) is 0.588. The van der Waals surface area contributed by atoms with E-state index in [1.165, 1.54) is 0 Å². The van der Waals surface area contributed by atoms with Gasteiger partial charge in [0.05, 0.1) is 5.88 Å². The van der Waals surface area contributed by atoms with E-state index in [0.29, 0.717) is 23.2 Å². The van der Waals surface area contributed by atoms with Crippen LogP contribution in [0.5, 0.6) is 0 Å². The zero-order valence-corrected chi connectivity index (χ0v) is 14.8. The first-order valence-electron chi connectivity index (χ1n) is 8.09. The van der Waals surface area contributed by atoms with E-state index in [2.05, 4.69) is 24.1 Å². The van der Waals surface area contributed by atoms with Crippen molar-refractivity contribution in [2.24, 2.45) is 5.92 Å². The first-order chi connectivity index (χ1) is 11.0. The van der Waals surface area contributed by atoms with Gasteiger partial charge in [-0.2, -0.15) is 0 Å². The summed E-state index contributed by atoms with van der Waals surface area (Å²) in [5.74, 6) is 1.56. The molecule has 1 aliphatic rings. The molecule has 2 atom stereocenters. The van der Waals surface area contributed by atoms with Crippen LogP contribution >= 0.6 is 11.8 Å². The van der Waals surface area contributed by atoms with Crippen molar-refractivity contribution in [2.45, 2.75) is 45.7 Å². The molecule has 0 bridgehead atoms. The Hall–Kier alpha value is -1.56. The van der Waals surface area contributed by atoms with E-state index in [9.17, 15) is 9.59 Å². The third kappa shape index (κ3) is 4.96. The molecule has 2 amide bonds. The first kappa shape index (κ1) is 17.8. The molecule has 1 fully saturated rings. The molecule has 5 nitrogen and oxygen atoms in total. The van der Waals surface area contributed by atoms with Crippen LogP contribution in [-0.4, -0.2) is 45.4 Å². The summed E-state index contributed by atoms with van der Waals surface area (Å²) in [4.78, 5) is 30.8. The predicted octanol–water partition coefficient (Wildman–Crippen LogP) is 2.54. The zero-order valence-electron chi connectivity index (χ0n) is 14.0. The normalized spacial score (nSPS) is 19.0. The lowest BCUT2D eigenvalue weighted by molar-refractivity contribution is -0.125. The van der Waals surface area contributed by atoms with Crippen molar-refractivity contribution in [1.29, 1.82) is 0 Å². The van der Waals surface area contributed by atoms with Gasteiger partial charge in [0.1, 0.15) is 11.7 Å². The SMILES string of the molecule is CC(C)CCC(C)NC(=O)C1CSCN1C(=O)c1ccccn1. The molecule has 2 unspecified atom stereocenters. The van der Waals surface area contributed by atoms with Crippen molar-refractivity contribution in [2.75, 3.05) is 11.6 Å². The second kappa shape index (κ2) is 8.34. The second-order valence-corrected chi connectivity index (χ2v) is 7.39. The topological polar surface area (TPSA) is 62.3 Å². The number of rotatable bonds is 6. The molecule has 0 aromatic carbocycles. The first-order valence-corrected chi connectivity index (χ1v) is 9.24. The van der Waals surface area contributed by atoms with Gasteiger partial charge in [-0.15, -0.1) is 11.8 Å². The highest BCUT2D eigenvalue weighted by Crippen LogP contribution is 2.23. The van der Waals surface area contributed by atoms with Gasteiger partial charge in [-0.3, -0.25) is 14.6 Å². The van der Waals surface area contributed by atoms with Crippen molar-refractivity contribution in [1.82, 2.24) is 15.2 Å². The van der Waals surface area contributed by atoms with Crippen LogP contribution in [0.15, 0.2) is 24.4 Å². The Kier molecular flexibility index (Phi) is 6.45. The zero-order chi connectivity index (χ0) is 16.8. The lowest BCUT2D eigenvalue weighted by Gasteiger charge is -2.24. The van der Waals surface area contributed by atoms with Gasteiger partial charge >= 0.3 is 0 Å². The monoisotopic (exact) mass is 335 g/mol. The quantitative estimate of drug-likeness (QED) is 0.868. The Balaban J connectivity index is 1.95. The summed E-state index contributed by atoms with van der Waals surface area (Å²) in [7, 11) is 0. The summed E-state index contributed by atoms with van der Waals surface area (Å²) in [5.41, 5.74) is 0.389. The molecule has 1 N–H and O–H groups in total. The highest BCUT2D eigenvalue weighted by Gasteiger charge is 2.35. The van der Waals surface area contributed by atoms with Gasteiger partial charge < -0.3 is 10.2 Å². The van der Waals surface area contributed by atoms with Gasteiger partial charge in [0, 0.05) is 18.0 Å². The molecule has 1 saturated heterocycles. The molecule has 0 saturated carbocycles. The molecule has 1 aromatic heterocycles. The van der Waals surface area contributed by atoms with Crippen molar-refractivity contribution in [3.05, 3.63) is 30.1 Å². The van der Waals surface area contributed by atoms with Crippen LogP contribution in [0, 0.1) is 5.92 Å². The molecular weight excluding hydrogens is 310 g/mol. The van der Waals surface area contributed by atoms with Gasteiger partial charge in [0.2, 0.25) is 5.91 Å². The summed E-state index contributed by atoms with van der Waals surface area (Å²) in [6.07, 6.45) is 3.63. The summed E-state index contributed by atoms with van der Waals surface area (Å²) in [6, 6.07) is 4.96. The Bertz CT molecular complexity index is 536. The summed E-state index contributed by atoms with van der Waals surface area (Å²) in [6.45, 7) is 6.37. The molecule has 2 rings (SSSR count). The van der Waals surface area contributed by atoms with Crippen molar-refractivity contribution < 1.29 is 9.59 Å². The van der Waals surface area contributed by atoms with E-state index in [1.54, 1.807) is 41.1 Å². The number of nitrogens with one attached hydrogen (secondary N) is 1. The molecular formula is C17H25N3O2S. The largest absolute Gasteiger partial charge is 0.352 e. The lowest BCUT2D eigenvalue weighted by atomic mass is 10.0. The number of amides is 2. The number of aromatic nitrogens is 1. The second-order valence-electron chi connectivity index (χ2n) is 6.39. The predicted molar refractivity (Wildman–Crippen MR) is 93.2 cm³/mol. The minimum absolute atomic E-state index is 0.0597. The Morgan fingerprint density at radius 2 is 2.13 bits per heavy atom. The molecule has 126 valence electrons. The fourth-order valence-electron chi connectivity index (χ4n) is 2.49. The van der Waals surface area contributed by atoms with E-state index in [1.807, 2.05) is 6.92 Å². The molecule has 2 heterocycles. The Labute approximate surface area is 142 Å². The molecule has 1 aromatic rings. The van der Waals surface area contributed by atoms with Gasteiger partial charge in [-0.1, -0.05) is 19.9 Å². The van der Waals surface area contributed by atoms with E-state index in [-0.39, 0.29) is 17.9 Å². The number of hydrogen-bond donors (Lipinski definition) is 1. The number of hydrogen-bond acceptors (Lipinski definition) is 4. The van der Waals surface area contributed by atoms with Crippen LogP contribution in [0.2, 0.25) is 0 Å². The molecule has 6 heteroatoms. The number of thioether (sulfide) groups is 1. The standard InChI is InChI=1S/C17H25N3O2S/c1-12(2)7-8-13(3)19-16(21)15-10-23-11-20(15)17(22)14-6-4-5-9-18-14/h4-6,9,12-13,15H,7-8,10-11H2,1-3H3,(H,19,21). The third-order valence-corrected chi connectivity index (χ3v) is 4.91. The molecule has 0 radical (unpaired) electrons. The summed E-state index contributed by atoms with van der Waals surface area (Å²) in [5, 5.41) is 3.05. The van der Waals surface area contributed by atoms with E-state index >= 15 is 0 Å². The van der Waals surface area contributed by atoms with Gasteiger partial charge in [-0.05, 0) is 37.8 Å². The average molecular weight is 335 g/mol. The number of nitrogens with zero attached hydrogens (tertiary/aromatic N) is 2. The van der Waals surface area contributed by atoms with Crippen molar-refractivity contribution in [3.8, 4) is 0 Å². The van der Waals surface area contributed by atoms with Crippen LogP contribution in [0.1, 0.15) is 44.1 Å². The van der Waals surface area contributed by atoms with Crippen LogP contribution in [0.25, 0.3) is 0 Å². The van der Waals surface area contributed by atoms with Gasteiger partial charge in [-0.25, -0.2) is 0 Å². The summed E-state index contributed by atoms with van der Waals surface area (Å²) >= 11 is 1.60. The van der Waals surface area contributed by atoms with Crippen molar-refractivity contribution >= 4 is 23.6 Å². The van der Waals surface area contributed by atoms with Crippen LogP contribution < -0.4 is 5.32 Å². The highest BCUT2D eigenvalue weighted by molar-refractivity contribution is 7.99. The maximum Gasteiger partial charge on any atom is 0.273 e. The lowest BCUT2D eigenvalue weighted by Crippen LogP contribution is -2.49. The number of carbonyl (C=O) groups is 2. The smallest absolute Gasteiger partial charge is 0.273 e. The Morgan fingerprint density at radius 3 is 2.78 bits per heavy atom. The van der Waals surface area contributed by atoms with Crippen LogP contribution in [0.4, 0.5) is 0 Å². The van der Waals surface area contributed by atoms with Crippen LogP contribution in [0.3, 0.4) is 0 Å².